The van der Waals surface area contributed by atoms with E-state index >= 15 is 0 Å². The third-order valence-corrected chi connectivity index (χ3v) is 2.95. The lowest BCUT2D eigenvalue weighted by atomic mass is 9.85. The smallest absolute Gasteiger partial charge is 0.137 e. The molecule has 0 amide bonds. The maximum absolute atomic E-state index is 4.16. The van der Waals surface area contributed by atoms with E-state index in [9.17, 15) is 0 Å². The van der Waals surface area contributed by atoms with Crippen LogP contribution in [0.4, 0.5) is 0 Å². The Kier molecular flexibility index (Phi) is 1.24. The molecule has 2 nitrogen and oxygen atoms in total. The summed E-state index contributed by atoms with van der Waals surface area (Å²) in [6.07, 6.45) is 2.90. The van der Waals surface area contributed by atoms with Gasteiger partial charge < -0.3 is 10.6 Å². The highest BCUT2D eigenvalue weighted by Gasteiger charge is 2.37. The summed E-state index contributed by atoms with van der Waals surface area (Å²) in [5.74, 6) is 0.988. The van der Waals surface area contributed by atoms with Crippen LogP contribution >= 0.6 is 0 Å². The molecule has 0 radical (unpaired) electrons. The molecule has 3 rings (SSSR count). The minimum atomic E-state index is 0.780. The molecule has 3 aliphatic rings. The highest BCUT2D eigenvalue weighted by molar-refractivity contribution is 4.73. The minimum Gasteiger partial charge on any atom is -0.350 e. The van der Waals surface area contributed by atoms with E-state index in [1.54, 1.807) is 4.90 Å². The van der Waals surface area contributed by atoms with Crippen molar-refractivity contribution >= 4 is 0 Å². The van der Waals surface area contributed by atoms with Crippen LogP contribution in [0, 0.1) is 5.92 Å². The molecule has 1 atom stereocenters. The lowest BCUT2D eigenvalue weighted by Crippen LogP contribution is -3.18. The molecule has 2 heteroatoms. The molecule has 0 spiro atoms. The number of nitrogens with one attached hydrogen (secondary N) is 1. The van der Waals surface area contributed by atoms with E-state index in [0.29, 0.717) is 0 Å². The molecule has 52 valence electrons. The average molecular weight is 128 g/mol. The summed E-state index contributed by atoms with van der Waals surface area (Å²) < 4.78 is 0. The Bertz CT molecular complexity index is 105. The predicted octanol–water partition coefficient (Wildman–Crippen LogP) is -2.09. The van der Waals surface area contributed by atoms with E-state index in [1.165, 1.54) is 32.5 Å². The summed E-state index contributed by atoms with van der Waals surface area (Å²) in [7, 11) is 0. The largest absolute Gasteiger partial charge is 0.350 e. The predicted molar refractivity (Wildman–Crippen MR) is 35.0 cm³/mol. The molecule has 3 aliphatic heterocycles. The van der Waals surface area contributed by atoms with Gasteiger partial charge in [-0.3, -0.25) is 0 Å². The van der Waals surface area contributed by atoms with Crippen LogP contribution in [-0.4, -0.2) is 25.7 Å². The van der Waals surface area contributed by atoms with Gasteiger partial charge in [-0.15, -0.1) is 0 Å². The molecule has 4 N–H and O–H groups in total. The highest BCUT2D eigenvalue weighted by Crippen LogP contribution is 2.14. The Morgan fingerprint density at radius 2 is 1.89 bits per heavy atom. The van der Waals surface area contributed by atoms with Crippen molar-refractivity contribution in [3.63, 3.8) is 0 Å². The third kappa shape index (κ3) is 0.864. The molecule has 0 aromatic rings. The first-order valence-electron chi connectivity index (χ1n) is 4.03. The Morgan fingerprint density at radius 1 is 1.22 bits per heavy atom. The molecular formula is C7H16N2+2. The number of hydrogen-bond acceptors (Lipinski definition) is 0. The van der Waals surface area contributed by atoms with Crippen molar-refractivity contribution in [1.82, 2.24) is 0 Å². The van der Waals surface area contributed by atoms with Gasteiger partial charge in [-0.1, -0.05) is 0 Å². The number of quaternary nitrogens is 2. The number of fused-ring (bicyclic) bond motifs is 3. The van der Waals surface area contributed by atoms with Crippen molar-refractivity contribution in [3.05, 3.63) is 0 Å². The molecule has 0 saturated carbocycles. The van der Waals surface area contributed by atoms with Crippen molar-refractivity contribution in [2.45, 2.75) is 18.9 Å². The molecule has 0 aromatic carbocycles. The van der Waals surface area contributed by atoms with Crippen molar-refractivity contribution in [1.29, 1.82) is 0 Å². The van der Waals surface area contributed by atoms with Crippen LogP contribution in [0.25, 0.3) is 0 Å². The Balaban J connectivity index is 2.06. The van der Waals surface area contributed by atoms with Gasteiger partial charge in [0.15, 0.2) is 0 Å². The zero-order valence-corrected chi connectivity index (χ0v) is 5.90. The van der Waals surface area contributed by atoms with E-state index < -0.39 is 0 Å². The molecule has 0 aliphatic carbocycles. The fourth-order valence-electron chi connectivity index (χ4n) is 2.26. The standard InChI is InChI=1S/C7H14N2/c8-7-5-9-3-1-6(7)2-4-9/h6-7H,1-5,8H2/p+2/t7-/m0/s1. The minimum absolute atomic E-state index is 0.780. The molecule has 3 saturated heterocycles. The molecule has 2 bridgehead atoms. The van der Waals surface area contributed by atoms with E-state index in [-0.39, 0.29) is 0 Å². The summed E-state index contributed by atoms with van der Waals surface area (Å²) >= 11 is 0. The zero-order valence-electron chi connectivity index (χ0n) is 5.90. The molecule has 3 heterocycles. The van der Waals surface area contributed by atoms with Gasteiger partial charge in [0, 0.05) is 18.8 Å². The summed E-state index contributed by atoms with van der Waals surface area (Å²) in [5.41, 5.74) is 4.16. The summed E-state index contributed by atoms with van der Waals surface area (Å²) in [5, 5.41) is 0. The summed E-state index contributed by atoms with van der Waals surface area (Å²) in [6, 6.07) is 0.780. The summed E-state index contributed by atoms with van der Waals surface area (Å²) in [6.45, 7) is 4.21. The van der Waals surface area contributed by atoms with Gasteiger partial charge in [0.25, 0.3) is 0 Å². The second-order valence-electron chi connectivity index (χ2n) is 3.55. The SMILES string of the molecule is [NH3+][C@H]1C[NH+]2CCC1CC2. The molecule has 3 fully saturated rings. The monoisotopic (exact) mass is 128 g/mol. The van der Waals surface area contributed by atoms with Gasteiger partial charge in [-0.05, 0) is 0 Å². The van der Waals surface area contributed by atoms with E-state index in [4.69, 9.17) is 0 Å². The third-order valence-electron chi connectivity index (χ3n) is 2.95. The van der Waals surface area contributed by atoms with Gasteiger partial charge >= 0.3 is 0 Å². The molecule has 0 aromatic heterocycles. The zero-order chi connectivity index (χ0) is 6.27. The van der Waals surface area contributed by atoms with Crippen molar-refractivity contribution in [2.24, 2.45) is 5.92 Å². The lowest BCUT2D eigenvalue weighted by Gasteiger charge is -2.37. The van der Waals surface area contributed by atoms with Gasteiger partial charge in [0.05, 0.1) is 13.1 Å². The topological polar surface area (TPSA) is 32.1 Å². The average Bonchev–Trinajstić information content (AvgIpc) is 1.90. The van der Waals surface area contributed by atoms with Crippen molar-refractivity contribution in [2.75, 3.05) is 19.6 Å². The number of rotatable bonds is 0. The van der Waals surface area contributed by atoms with Crippen LogP contribution in [0.1, 0.15) is 12.8 Å². The van der Waals surface area contributed by atoms with Crippen LogP contribution in [0.15, 0.2) is 0 Å². The van der Waals surface area contributed by atoms with Gasteiger partial charge in [0.1, 0.15) is 12.6 Å². The van der Waals surface area contributed by atoms with E-state index in [1.807, 2.05) is 0 Å². The maximum atomic E-state index is 4.16. The first-order valence-corrected chi connectivity index (χ1v) is 4.03. The van der Waals surface area contributed by atoms with Gasteiger partial charge in [-0.25, -0.2) is 0 Å². The number of piperidine rings is 3. The molecule has 0 unspecified atom stereocenters. The maximum Gasteiger partial charge on any atom is 0.137 e. The van der Waals surface area contributed by atoms with Crippen LogP contribution in [0.3, 0.4) is 0 Å². The Morgan fingerprint density at radius 3 is 2.11 bits per heavy atom. The molecule has 9 heavy (non-hydrogen) atoms. The first kappa shape index (κ1) is 5.69. The van der Waals surface area contributed by atoms with Crippen LogP contribution in [0.5, 0.6) is 0 Å². The fourth-order valence-corrected chi connectivity index (χ4v) is 2.26. The van der Waals surface area contributed by atoms with Crippen molar-refractivity contribution in [3.8, 4) is 0 Å². The normalized spacial score (nSPS) is 49.7. The second-order valence-corrected chi connectivity index (χ2v) is 3.55. The molecular weight excluding hydrogens is 112 g/mol. The Hall–Kier alpha value is -0.0800. The van der Waals surface area contributed by atoms with E-state index in [0.717, 1.165) is 12.0 Å². The fraction of sp³-hybridized carbons (Fsp3) is 1.00. The number of hydrogen-bond donors (Lipinski definition) is 2. The summed E-state index contributed by atoms with van der Waals surface area (Å²) in [4.78, 5) is 1.80. The van der Waals surface area contributed by atoms with Crippen LogP contribution in [-0.2, 0) is 0 Å². The lowest BCUT2D eigenvalue weighted by molar-refractivity contribution is -0.929. The second kappa shape index (κ2) is 1.96. The van der Waals surface area contributed by atoms with Gasteiger partial charge in [0.2, 0.25) is 0 Å². The van der Waals surface area contributed by atoms with Crippen LogP contribution < -0.4 is 10.6 Å². The van der Waals surface area contributed by atoms with E-state index in [2.05, 4.69) is 5.73 Å². The Labute approximate surface area is 56.0 Å². The van der Waals surface area contributed by atoms with Gasteiger partial charge in [-0.2, -0.15) is 0 Å². The highest BCUT2D eigenvalue weighted by atomic mass is 15.2. The van der Waals surface area contributed by atoms with Crippen LogP contribution in [0.2, 0.25) is 0 Å². The first-order chi connectivity index (χ1) is 4.36. The quantitative estimate of drug-likeness (QED) is 0.375. The van der Waals surface area contributed by atoms with Crippen molar-refractivity contribution < 1.29 is 10.6 Å².